The van der Waals surface area contributed by atoms with Gasteiger partial charge in [0.05, 0.1) is 5.56 Å². The predicted molar refractivity (Wildman–Crippen MR) is 105 cm³/mol. The van der Waals surface area contributed by atoms with Gasteiger partial charge in [-0.25, -0.2) is 17.6 Å². The molecular weight excluding hydrogens is 364 g/mol. The third-order valence-corrected chi connectivity index (χ3v) is 6.05. The first-order valence-electron chi connectivity index (χ1n) is 10.4. The minimum absolute atomic E-state index is 0.00397. The Morgan fingerprint density at radius 2 is 1.36 bits per heavy atom. The van der Waals surface area contributed by atoms with Crippen molar-refractivity contribution < 1.29 is 17.6 Å². The molecule has 1 saturated carbocycles. The summed E-state index contributed by atoms with van der Waals surface area (Å²) in [5.41, 5.74) is 0.308. The van der Waals surface area contributed by atoms with Crippen molar-refractivity contribution in [3.8, 4) is 11.1 Å². The Kier molecular flexibility index (Phi) is 7.14. The van der Waals surface area contributed by atoms with Gasteiger partial charge in [0.2, 0.25) is 0 Å². The van der Waals surface area contributed by atoms with Crippen molar-refractivity contribution in [1.29, 1.82) is 0 Å². The van der Waals surface area contributed by atoms with Crippen molar-refractivity contribution in [2.24, 2.45) is 11.8 Å². The minimum Gasteiger partial charge on any atom is -0.206 e. The van der Waals surface area contributed by atoms with Gasteiger partial charge in [-0.2, -0.15) is 0 Å². The monoisotopic (exact) mass is 392 g/mol. The zero-order chi connectivity index (χ0) is 20.1. The second kappa shape index (κ2) is 9.58. The van der Waals surface area contributed by atoms with Gasteiger partial charge in [-0.3, -0.25) is 0 Å². The molecule has 0 spiro atoms. The third-order valence-electron chi connectivity index (χ3n) is 6.05. The van der Waals surface area contributed by atoms with Crippen LogP contribution in [0.5, 0.6) is 0 Å². The quantitative estimate of drug-likeness (QED) is 0.421. The van der Waals surface area contributed by atoms with E-state index in [1.807, 2.05) is 0 Å². The normalized spacial score (nSPS) is 19.8. The number of rotatable bonds is 7. The summed E-state index contributed by atoms with van der Waals surface area (Å²) in [6.45, 7) is 2.24. The number of halogens is 4. The molecule has 3 rings (SSSR count). The number of aryl methyl sites for hydroxylation is 1. The molecule has 0 amide bonds. The van der Waals surface area contributed by atoms with Gasteiger partial charge in [-0.1, -0.05) is 57.9 Å². The summed E-state index contributed by atoms with van der Waals surface area (Å²) in [6, 6.07) is 5.53. The zero-order valence-electron chi connectivity index (χ0n) is 16.4. The van der Waals surface area contributed by atoms with E-state index in [1.165, 1.54) is 56.7 Å². The van der Waals surface area contributed by atoms with Crippen molar-refractivity contribution in [3.05, 3.63) is 59.2 Å². The van der Waals surface area contributed by atoms with E-state index in [-0.39, 0.29) is 11.1 Å². The van der Waals surface area contributed by atoms with Crippen molar-refractivity contribution in [2.75, 3.05) is 0 Å². The van der Waals surface area contributed by atoms with Crippen LogP contribution < -0.4 is 0 Å². The average Bonchev–Trinajstić information content (AvgIpc) is 2.66. The van der Waals surface area contributed by atoms with Crippen LogP contribution in [0.1, 0.15) is 63.9 Å². The van der Waals surface area contributed by atoms with Crippen LogP contribution in [0.3, 0.4) is 0 Å². The van der Waals surface area contributed by atoms with E-state index < -0.39 is 23.3 Å². The number of hydrogen-bond acceptors (Lipinski definition) is 0. The molecule has 28 heavy (non-hydrogen) atoms. The molecule has 0 unspecified atom stereocenters. The van der Waals surface area contributed by atoms with Crippen molar-refractivity contribution >= 4 is 0 Å². The first kappa shape index (κ1) is 20.9. The largest absolute Gasteiger partial charge is 0.206 e. The summed E-state index contributed by atoms with van der Waals surface area (Å²) in [5.74, 6) is -2.02. The lowest BCUT2D eigenvalue weighted by atomic mass is 9.78. The summed E-state index contributed by atoms with van der Waals surface area (Å²) in [6.07, 6.45) is 10.4. The highest BCUT2D eigenvalue weighted by Crippen LogP contribution is 2.34. The molecule has 0 heterocycles. The molecule has 2 aromatic rings. The van der Waals surface area contributed by atoms with Crippen molar-refractivity contribution in [3.63, 3.8) is 0 Å². The van der Waals surface area contributed by atoms with Crippen LogP contribution in [0.2, 0.25) is 0 Å². The fraction of sp³-hybridized carbons (Fsp3) is 0.500. The third kappa shape index (κ3) is 5.15. The molecule has 1 aliphatic carbocycles. The van der Waals surface area contributed by atoms with Gasteiger partial charge in [-0.15, -0.1) is 0 Å². The maximum atomic E-state index is 14.5. The van der Waals surface area contributed by atoms with Gasteiger partial charge >= 0.3 is 0 Å². The molecular formula is C24H28F4. The Morgan fingerprint density at radius 3 is 1.93 bits per heavy atom. The van der Waals surface area contributed by atoms with E-state index in [0.717, 1.165) is 36.8 Å². The van der Waals surface area contributed by atoms with Gasteiger partial charge in [0.25, 0.3) is 0 Å². The summed E-state index contributed by atoms with van der Waals surface area (Å²) in [5, 5.41) is 0. The molecule has 152 valence electrons. The maximum Gasteiger partial charge on any atom is 0.159 e. The van der Waals surface area contributed by atoms with Crippen LogP contribution in [0.25, 0.3) is 11.1 Å². The number of benzene rings is 2. The van der Waals surface area contributed by atoms with E-state index in [1.54, 1.807) is 0 Å². The summed E-state index contributed by atoms with van der Waals surface area (Å²) in [4.78, 5) is 0. The van der Waals surface area contributed by atoms with Crippen molar-refractivity contribution in [1.82, 2.24) is 0 Å². The lowest BCUT2D eigenvalue weighted by Crippen LogP contribution is -2.14. The first-order valence-corrected chi connectivity index (χ1v) is 10.4. The molecule has 1 aliphatic rings. The minimum atomic E-state index is -1.12. The maximum absolute atomic E-state index is 14.5. The lowest BCUT2D eigenvalue weighted by molar-refractivity contribution is 0.249. The van der Waals surface area contributed by atoms with E-state index >= 15 is 0 Å². The highest BCUT2D eigenvalue weighted by atomic mass is 19.2. The standard InChI is InChI=1S/C24H28F4/c1-2-4-16-7-9-17(10-8-16)5-3-6-18-13-22(27)24(23(28)14-18)19-11-12-20(25)21(26)15-19/h11-17H,2-10H2,1H3. The Balaban J connectivity index is 1.58. The smallest absolute Gasteiger partial charge is 0.159 e. The average molecular weight is 392 g/mol. The van der Waals surface area contributed by atoms with Crippen LogP contribution in [0, 0.1) is 35.1 Å². The second-order valence-corrected chi connectivity index (χ2v) is 8.13. The Labute approximate surface area is 165 Å². The van der Waals surface area contributed by atoms with Gasteiger partial charge in [-0.05, 0) is 60.1 Å². The molecule has 0 N–H and O–H groups in total. The Bertz CT molecular complexity index is 768. The van der Waals surface area contributed by atoms with E-state index in [0.29, 0.717) is 12.0 Å². The van der Waals surface area contributed by atoms with Gasteiger partial charge in [0.15, 0.2) is 11.6 Å². The topological polar surface area (TPSA) is 0 Å². The van der Waals surface area contributed by atoms with E-state index in [4.69, 9.17) is 0 Å². The molecule has 0 nitrogen and oxygen atoms in total. The van der Waals surface area contributed by atoms with E-state index in [2.05, 4.69) is 6.92 Å². The van der Waals surface area contributed by atoms with E-state index in [9.17, 15) is 17.6 Å². The molecule has 0 bridgehead atoms. The summed E-state index contributed by atoms with van der Waals surface area (Å²) >= 11 is 0. The molecule has 0 aromatic heterocycles. The van der Waals surface area contributed by atoms with Gasteiger partial charge in [0, 0.05) is 0 Å². The van der Waals surface area contributed by atoms with Crippen molar-refractivity contribution in [2.45, 2.75) is 64.7 Å². The van der Waals surface area contributed by atoms with Gasteiger partial charge in [0.1, 0.15) is 11.6 Å². The molecule has 0 aliphatic heterocycles. The van der Waals surface area contributed by atoms with Crippen LogP contribution in [-0.4, -0.2) is 0 Å². The molecule has 0 saturated heterocycles. The summed E-state index contributed by atoms with van der Waals surface area (Å²) in [7, 11) is 0. The Morgan fingerprint density at radius 1 is 0.750 bits per heavy atom. The molecule has 4 heteroatoms. The highest BCUT2D eigenvalue weighted by Gasteiger charge is 2.20. The lowest BCUT2D eigenvalue weighted by Gasteiger charge is -2.28. The molecule has 0 atom stereocenters. The van der Waals surface area contributed by atoms with Crippen LogP contribution in [-0.2, 0) is 6.42 Å². The molecule has 2 aromatic carbocycles. The van der Waals surface area contributed by atoms with Crippen LogP contribution in [0.15, 0.2) is 30.3 Å². The summed E-state index contributed by atoms with van der Waals surface area (Å²) < 4.78 is 55.4. The Hall–Kier alpha value is -1.84. The zero-order valence-corrected chi connectivity index (χ0v) is 16.4. The van der Waals surface area contributed by atoms with Gasteiger partial charge < -0.3 is 0 Å². The van der Waals surface area contributed by atoms with Crippen LogP contribution in [0.4, 0.5) is 17.6 Å². The SMILES string of the molecule is CCCC1CCC(CCCc2cc(F)c(-c3ccc(F)c(F)c3)c(F)c2)CC1. The second-order valence-electron chi connectivity index (χ2n) is 8.13. The number of hydrogen-bond donors (Lipinski definition) is 0. The van der Waals surface area contributed by atoms with Crippen LogP contribution >= 0.6 is 0 Å². The predicted octanol–water partition coefficient (Wildman–Crippen LogP) is 7.84. The molecule has 0 radical (unpaired) electrons. The highest BCUT2D eigenvalue weighted by molar-refractivity contribution is 5.65. The first-order chi connectivity index (χ1) is 13.5. The fourth-order valence-corrected chi connectivity index (χ4v) is 4.51. The molecule has 1 fully saturated rings. The fourth-order valence-electron chi connectivity index (χ4n) is 4.51.